The molecule has 0 saturated carbocycles. The molecule has 0 aliphatic heterocycles. The first-order chi connectivity index (χ1) is 8.74. The molecule has 0 saturated heterocycles. The number of aliphatic carboxylic acids is 1. The lowest BCUT2D eigenvalue weighted by Crippen LogP contribution is -2.05. The van der Waals surface area contributed by atoms with Crippen LogP contribution in [0.2, 0.25) is 0 Å². The van der Waals surface area contributed by atoms with E-state index in [0.29, 0.717) is 11.4 Å². The van der Waals surface area contributed by atoms with Crippen molar-refractivity contribution in [1.29, 1.82) is 5.26 Å². The third-order valence-electron chi connectivity index (χ3n) is 2.54. The number of nitriles is 1. The van der Waals surface area contributed by atoms with Gasteiger partial charge in [-0.25, -0.2) is 4.98 Å². The van der Waals surface area contributed by atoms with Crippen molar-refractivity contribution in [2.75, 3.05) is 11.9 Å². The Balaban J connectivity index is 2.15. The van der Waals surface area contributed by atoms with Crippen LogP contribution in [0.3, 0.4) is 0 Å². The zero-order valence-corrected chi connectivity index (χ0v) is 10.2. The van der Waals surface area contributed by atoms with Crippen molar-refractivity contribution in [3.63, 3.8) is 0 Å². The van der Waals surface area contributed by atoms with E-state index in [2.05, 4.69) is 16.4 Å². The van der Waals surface area contributed by atoms with E-state index in [1.807, 2.05) is 0 Å². The van der Waals surface area contributed by atoms with Gasteiger partial charge in [-0.1, -0.05) is 12.8 Å². The van der Waals surface area contributed by atoms with Crippen molar-refractivity contribution >= 4 is 11.8 Å². The third kappa shape index (κ3) is 5.30. The fraction of sp³-hybridized carbons (Fsp3) is 0.462. The molecule has 1 aromatic heterocycles. The van der Waals surface area contributed by atoms with E-state index in [1.54, 1.807) is 18.3 Å². The Labute approximate surface area is 106 Å². The SMILES string of the molecule is N#Cc1cccnc1NCCCCCCC(=O)O. The maximum Gasteiger partial charge on any atom is 0.303 e. The number of anilines is 1. The van der Waals surface area contributed by atoms with Gasteiger partial charge in [-0.15, -0.1) is 0 Å². The third-order valence-corrected chi connectivity index (χ3v) is 2.54. The van der Waals surface area contributed by atoms with Gasteiger partial charge in [0.15, 0.2) is 0 Å². The van der Waals surface area contributed by atoms with Gasteiger partial charge in [-0.2, -0.15) is 5.26 Å². The molecule has 0 radical (unpaired) electrons. The Morgan fingerprint density at radius 1 is 1.39 bits per heavy atom. The molecule has 0 aromatic carbocycles. The highest BCUT2D eigenvalue weighted by molar-refractivity contribution is 5.66. The highest BCUT2D eigenvalue weighted by Crippen LogP contribution is 2.10. The predicted octanol–water partition coefficient (Wildman–Crippen LogP) is 2.40. The molecule has 5 heteroatoms. The second-order valence-electron chi connectivity index (χ2n) is 4.00. The summed E-state index contributed by atoms with van der Waals surface area (Å²) < 4.78 is 0. The van der Waals surface area contributed by atoms with Crippen LogP contribution in [0, 0.1) is 11.3 Å². The molecule has 1 aromatic rings. The van der Waals surface area contributed by atoms with Crippen molar-refractivity contribution in [2.24, 2.45) is 0 Å². The summed E-state index contributed by atoms with van der Waals surface area (Å²) in [6.45, 7) is 0.749. The number of nitrogens with one attached hydrogen (secondary N) is 1. The van der Waals surface area contributed by atoms with Crippen molar-refractivity contribution in [1.82, 2.24) is 4.98 Å². The largest absolute Gasteiger partial charge is 0.481 e. The number of rotatable bonds is 8. The van der Waals surface area contributed by atoms with Crippen LogP contribution in [0.4, 0.5) is 5.82 Å². The number of hydrogen-bond acceptors (Lipinski definition) is 4. The first-order valence-electron chi connectivity index (χ1n) is 6.05. The predicted molar refractivity (Wildman–Crippen MR) is 68.2 cm³/mol. The first-order valence-corrected chi connectivity index (χ1v) is 6.05. The molecule has 0 spiro atoms. The molecule has 0 aliphatic rings. The molecule has 0 bridgehead atoms. The summed E-state index contributed by atoms with van der Waals surface area (Å²) in [5.41, 5.74) is 0.545. The van der Waals surface area contributed by atoms with Crippen molar-refractivity contribution in [2.45, 2.75) is 32.1 Å². The summed E-state index contributed by atoms with van der Waals surface area (Å²) in [5.74, 6) is -0.120. The Bertz CT molecular complexity index is 426. The van der Waals surface area contributed by atoms with E-state index in [4.69, 9.17) is 10.4 Å². The molecular formula is C13H17N3O2. The molecule has 96 valence electrons. The van der Waals surface area contributed by atoms with Crippen LogP contribution >= 0.6 is 0 Å². The average molecular weight is 247 g/mol. The van der Waals surface area contributed by atoms with Crippen LogP contribution in [0.25, 0.3) is 0 Å². The quantitative estimate of drug-likeness (QED) is 0.689. The summed E-state index contributed by atoms with van der Waals surface area (Å²) in [6.07, 6.45) is 5.46. The van der Waals surface area contributed by atoms with Gasteiger partial charge in [0, 0.05) is 19.2 Å². The molecule has 5 nitrogen and oxygen atoms in total. The molecule has 1 rings (SSSR count). The van der Waals surface area contributed by atoms with Crippen LogP contribution in [0.1, 0.15) is 37.7 Å². The Hall–Kier alpha value is -2.09. The molecule has 18 heavy (non-hydrogen) atoms. The number of carboxylic acid groups (broad SMARTS) is 1. The summed E-state index contributed by atoms with van der Waals surface area (Å²) in [6, 6.07) is 5.54. The van der Waals surface area contributed by atoms with Gasteiger partial charge >= 0.3 is 5.97 Å². The zero-order chi connectivity index (χ0) is 13.2. The Kier molecular flexibility index (Phi) is 6.26. The lowest BCUT2D eigenvalue weighted by molar-refractivity contribution is -0.137. The number of carboxylic acids is 1. The van der Waals surface area contributed by atoms with E-state index in [9.17, 15) is 4.79 Å². The smallest absolute Gasteiger partial charge is 0.303 e. The second kappa shape index (κ2) is 8.07. The summed E-state index contributed by atoms with van der Waals surface area (Å²) in [7, 11) is 0. The standard InChI is InChI=1S/C13H17N3O2/c14-10-11-6-5-9-16-13(11)15-8-4-2-1-3-7-12(17)18/h5-6,9H,1-4,7-8H2,(H,15,16)(H,17,18). The molecule has 1 heterocycles. The number of carbonyl (C=O) groups is 1. The maximum atomic E-state index is 10.3. The molecular weight excluding hydrogens is 230 g/mol. The molecule has 0 atom stereocenters. The van der Waals surface area contributed by atoms with Gasteiger partial charge in [0.05, 0.1) is 5.56 Å². The summed E-state index contributed by atoms with van der Waals surface area (Å²) >= 11 is 0. The van der Waals surface area contributed by atoms with Crippen molar-refractivity contribution < 1.29 is 9.90 Å². The number of hydrogen-bond donors (Lipinski definition) is 2. The lowest BCUT2D eigenvalue weighted by Gasteiger charge is -2.06. The lowest BCUT2D eigenvalue weighted by atomic mass is 10.1. The Morgan fingerprint density at radius 2 is 2.17 bits per heavy atom. The van der Waals surface area contributed by atoms with Crippen LogP contribution in [-0.4, -0.2) is 22.6 Å². The Morgan fingerprint density at radius 3 is 2.89 bits per heavy atom. The van der Waals surface area contributed by atoms with Gasteiger partial charge in [0.1, 0.15) is 11.9 Å². The van der Waals surface area contributed by atoms with Gasteiger partial charge in [-0.05, 0) is 25.0 Å². The topological polar surface area (TPSA) is 86.0 Å². The second-order valence-corrected chi connectivity index (χ2v) is 4.00. The number of unbranched alkanes of at least 4 members (excludes halogenated alkanes) is 3. The monoisotopic (exact) mass is 247 g/mol. The fourth-order valence-corrected chi connectivity index (χ4v) is 1.60. The number of nitrogens with zero attached hydrogens (tertiary/aromatic N) is 2. The van der Waals surface area contributed by atoms with Gasteiger partial charge in [0.25, 0.3) is 0 Å². The van der Waals surface area contributed by atoms with E-state index < -0.39 is 5.97 Å². The minimum absolute atomic E-state index is 0.242. The van der Waals surface area contributed by atoms with Gasteiger partial charge in [-0.3, -0.25) is 4.79 Å². The molecule has 0 fully saturated rings. The van der Waals surface area contributed by atoms with E-state index in [0.717, 1.165) is 32.2 Å². The summed E-state index contributed by atoms with van der Waals surface area (Å²) in [5, 5.41) is 20.4. The van der Waals surface area contributed by atoms with Gasteiger partial charge in [0.2, 0.25) is 0 Å². The minimum atomic E-state index is -0.736. The van der Waals surface area contributed by atoms with Gasteiger partial charge < -0.3 is 10.4 Å². The van der Waals surface area contributed by atoms with Crippen LogP contribution in [0.15, 0.2) is 18.3 Å². The highest BCUT2D eigenvalue weighted by atomic mass is 16.4. The van der Waals surface area contributed by atoms with Crippen LogP contribution in [0.5, 0.6) is 0 Å². The highest BCUT2D eigenvalue weighted by Gasteiger charge is 2.01. The van der Waals surface area contributed by atoms with Crippen molar-refractivity contribution in [3.8, 4) is 6.07 Å². The minimum Gasteiger partial charge on any atom is -0.481 e. The van der Waals surface area contributed by atoms with E-state index >= 15 is 0 Å². The van der Waals surface area contributed by atoms with Crippen molar-refractivity contribution in [3.05, 3.63) is 23.9 Å². The number of aromatic nitrogens is 1. The van der Waals surface area contributed by atoms with E-state index in [1.165, 1.54) is 0 Å². The van der Waals surface area contributed by atoms with E-state index in [-0.39, 0.29) is 6.42 Å². The molecule has 0 aliphatic carbocycles. The normalized spacial score (nSPS) is 9.72. The van der Waals surface area contributed by atoms with Crippen LogP contribution < -0.4 is 5.32 Å². The fourth-order valence-electron chi connectivity index (χ4n) is 1.60. The molecule has 0 unspecified atom stereocenters. The first kappa shape index (κ1) is 14.0. The summed E-state index contributed by atoms with van der Waals surface area (Å²) in [4.78, 5) is 14.4. The molecule has 2 N–H and O–H groups in total. The average Bonchev–Trinajstić information content (AvgIpc) is 2.37. The maximum absolute atomic E-state index is 10.3. The van der Waals surface area contributed by atoms with Crippen LogP contribution in [-0.2, 0) is 4.79 Å². The zero-order valence-electron chi connectivity index (χ0n) is 10.2. The number of pyridine rings is 1. The molecule has 0 amide bonds.